The minimum absolute atomic E-state index is 0.177. The van der Waals surface area contributed by atoms with Gasteiger partial charge in [0, 0.05) is 18.2 Å². The summed E-state index contributed by atoms with van der Waals surface area (Å²) in [5.74, 6) is -1.33. The van der Waals surface area contributed by atoms with Crippen LogP contribution in [0.15, 0.2) is 18.2 Å². The highest BCUT2D eigenvalue weighted by molar-refractivity contribution is 5.98. The minimum atomic E-state index is -0.693. The number of nitro groups is 1. The van der Waals surface area contributed by atoms with Crippen molar-refractivity contribution in [3.63, 3.8) is 0 Å². The zero-order valence-electron chi connectivity index (χ0n) is 11.5. The van der Waals surface area contributed by atoms with Crippen LogP contribution in [0.2, 0.25) is 0 Å². The number of halogens is 1. The maximum absolute atomic E-state index is 13.3. The van der Waals surface area contributed by atoms with E-state index in [1.54, 1.807) is 0 Å². The number of hydrogen-bond acceptors (Lipinski definition) is 4. The Morgan fingerprint density at radius 1 is 1.33 bits per heavy atom. The maximum atomic E-state index is 13.3. The summed E-state index contributed by atoms with van der Waals surface area (Å²) in [5.41, 5.74) is 5.34. The lowest BCUT2D eigenvalue weighted by Crippen LogP contribution is -2.47. The predicted molar refractivity (Wildman–Crippen MR) is 75.4 cm³/mol. The van der Waals surface area contributed by atoms with E-state index in [4.69, 9.17) is 5.73 Å². The highest BCUT2D eigenvalue weighted by Gasteiger charge is 2.26. The Morgan fingerprint density at radius 2 is 2.05 bits per heavy atom. The van der Waals surface area contributed by atoms with Gasteiger partial charge in [0.1, 0.15) is 11.4 Å². The normalized spacial score (nSPS) is 22.4. The number of benzene rings is 1. The van der Waals surface area contributed by atoms with Crippen molar-refractivity contribution < 1.29 is 14.1 Å². The summed E-state index contributed by atoms with van der Waals surface area (Å²) in [6.07, 6.45) is 4.55. The van der Waals surface area contributed by atoms with Crippen molar-refractivity contribution in [2.24, 2.45) is 5.73 Å². The summed E-state index contributed by atoms with van der Waals surface area (Å²) in [6, 6.07) is 2.44. The van der Waals surface area contributed by atoms with Crippen LogP contribution in [0.5, 0.6) is 0 Å². The molecule has 0 spiro atoms. The number of nitro benzene ring substituents is 1. The third-order valence-corrected chi connectivity index (χ3v) is 3.79. The van der Waals surface area contributed by atoms with Crippen LogP contribution < -0.4 is 11.1 Å². The fourth-order valence-corrected chi connectivity index (χ4v) is 2.61. The van der Waals surface area contributed by atoms with E-state index < -0.39 is 22.3 Å². The summed E-state index contributed by atoms with van der Waals surface area (Å²) in [6.45, 7) is 0. The lowest BCUT2D eigenvalue weighted by molar-refractivity contribution is -0.385. The summed E-state index contributed by atoms with van der Waals surface area (Å²) in [7, 11) is 0. The lowest BCUT2D eigenvalue weighted by Gasteiger charge is -2.22. The Morgan fingerprint density at radius 3 is 2.76 bits per heavy atom. The standard InChI is InChI=1S/C14H18FN3O3/c15-9-6-7-13(18(20)21)10(8-9)14(19)17-12-5-3-1-2-4-11(12)16/h6-8,11-12H,1-5,16H2,(H,17,19). The van der Waals surface area contributed by atoms with Gasteiger partial charge in [-0.2, -0.15) is 0 Å². The number of nitrogens with zero attached hydrogens (tertiary/aromatic N) is 1. The van der Waals surface area contributed by atoms with Gasteiger partial charge in [0.25, 0.3) is 11.6 Å². The monoisotopic (exact) mass is 295 g/mol. The number of hydrogen-bond donors (Lipinski definition) is 2. The lowest BCUT2D eigenvalue weighted by atomic mass is 10.0. The SMILES string of the molecule is NC1CCCCCC1NC(=O)c1cc(F)ccc1[N+](=O)[O-]. The molecule has 1 saturated carbocycles. The van der Waals surface area contributed by atoms with Crippen molar-refractivity contribution in [3.8, 4) is 0 Å². The number of amides is 1. The molecule has 6 nitrogen and oxygen atoms in total. The van der Waals surface area contributed by atoms with Crippen molar-refractivity contribution >= 4 is 11.6 Å². The van der Waals surface area contributed by atoms with E-state index in [0.717, 1.165) is 50.3 Å². The summed E-state index contributed by atoms with van der Waals surface area (Å²) in [4.78, 5) is 22.4. The van der Waals surface area contributed by atoms with Crippen molar-refractivity contribution in [2.75, 3.05) is 0 Å². The van der Waals surface area contributed by atoms with E-state index in [0.29, 0.717) is 0 Å². The molecule has 0 saturated heterocycles. The van der Waals surface area contributed by atoms with E-state index in [1.165, 1.54) is 0 Å². The van der Waals surface area contributed by atoms with Gasteiger partial charge in [-0.05, 0) is 25.0 Å². The molecule has 2 atom stereocenters. The van der Waals surface area contributed by atoms with Gasteiger partial charge in [0.2, 0.25) is 0 Å². The number of nitrogens with two attached hydrogens (primary N) is 1. The highest BCUT2D eigenvalue weighted by Crippen LogP contribution is 2.21. The largest absolute Gasteiger partial charge is 0.348 e. The van der Waals surface area contributed by atoms with Crippen LogP contribution in [0.1, 0.15) is 42.5 Å². The smallest absolute Gasteiger partial charge is 0.282 e. The first-order chi connectivity index (χ1) is 9.99. The zero-order valence-corrected chi connectivity index (χ0v) is 11.5. The fraction of sp³-hybridized carbons (Fsp3) is 0.500. The third kappa shape index (κ3) is 3.75. The highest BCUT2D eigenvalue weighted by atomic mass is 19.1. The van der Waals surface area contributed by atoms with Crippen LogP contribution >= 0.6 is 0 Å². The molecule has 0 radical (unpaired) electrons. The quantitative estimate of drug-likeness (QED) is 0.507. The summed E-state index contributed by atoms with van der Waals surface area (Å²) < 4.78 is 13.3. The predicted octanol–water partition coefficient (Wildman–Crippen LogP) is 2.12. The molecule has 21 heavy (non-hydrogen) atoms. The summed E-state index contributed by atoms with van der Waals surface area (Å²) >= 11 is 0. The van der Waals surface area contributed by atoms with Crippen molar-refractivity contribution in [2.45, 2.75) is 44.2 Å². The number of carbonyl (C=O) groups is 1. The molecule has 1 aliphatic rings. The van der Waals surface area contributed by atoms with Gasteiger partial charge in [0.15, 0.2) is 0 Å². The molecule has 0 bridgehead atoms. The topological polar surface area (TPSA) is 98.3 Å². The van der Waals surface area contributed by atoms with Gasteiger partial charge < -0.3 is 11.1 Å². The van der Waals surface area contributed by atoms with Crippen LogP contribution in [-0.4, -0.2) is 22.9 Å². The molecular formula is C14H18FN3O3. The molecule has 2 unspecified atom stereocenters. The average molecular weight is 295 g/mol. The van der Waals surface area contributed by atoms with E-state index >= 15 is 0 Å². The van der Waals surface area contributed by atoms with E-state index in [2.05, 4.69) is 5.32 Å². The molecule has 1 fully saturated rings. The van der Waals surface area contributed by atoms with Crippen LogP contribution in [0.3, 0.4) is 0 Å². The third-order valence-electron chi connectivity index (χ3n) is 3.79. The van der Waals surface area contributed by atoms with Gasteiger partial charge >= 0.3 is 0 Å². The van der Waals surface area contributed by atoms with Gasteiger partial charge in [-0.1, -0.05) is 19.3 Å². The molecule has 3 N–H and O–H groups in total. The van der Waals surface area contributed by atoms with Crippen molar-refractivity contribution in [1.29, 1.82) is 0 Å². The maximum Gasteiger partial charge on any atom is 0.282 e. The molecule has 7 heteroatoms. The number of nitrogens with one attached hydrogen (secondary N) is 1. The minimum Gasteiger partial charge on any atom is -0.348 e. The number of carbonyl (C=O) groups excluding carboxylic acids is 1. The first-order valence-corrected chi connectivity index (χ1v) is 6.99. The van der Waals surface area contributed by atoms with Gasteiger partial charge in [-0.3, -0.25) is 14.9 Å². The zero-order chi connectivity index (χ0) is 15.4. The molecule has 2 rings (SSSR count). The Bertz CT molecular complexity index is 550. The van der Waals surface area contributed by atoms with Gasteiger partial charge in [-0.25, -0.2) is 4.39 Å². The molecule has 114 valence electrons. The van der Waals surface area contributed by atoms with Crippen molar-refractivity contribution in [1.82, 2.24) is 5.32 Å². The van der Waals surface area contributed by atoms with Gasteiger partial charge in [-0.15, -0.1) is 0 Å². The van der Waals surface area contributed by atoms with Crippen LogP contribution in [-0.2, 0) is 0 Å². The van der Waals surface area contributed by atoms with Crippen molar-refractivity contribution in [3.05, 3.63) is 39.7 Å². The Balaban J connectivity index is 2.19. The van der Waals surface area contributed by atoms with E-state index in [9.17, 15) is 19.3 Å². The Hall–Kier alpha value is -2.02. The molecular weight excluding hydrogens is 277 g/mol. The van der Waals surface area contributed by atoms with Gasteiger partial charge in [0.05, 0.1) is 4.92 Å². The molecule has 0 aliphatic heterocycles. The van der Waals surface area contributed by atoms with E-state index in [1.807, 2.05) is 0 Å². The van der Waals surface area contributed by atoms with Crippen LogP contribution in [0, 0.1) is 15.9 Å². The summed E-state index contributed by atoms with van der Waals surface area (Å²) in [5, 5.41) is 13.6. The molecule has 1 aromatic carbocycles. The average Bonchev–Trinajstić information content (AvgIpc) is 2.63. The van der Waals surface area contributed by atoms with Crippen LogP contribution in [0.25, 0.3) is 0 Å². The van der Waals surface area contributed by atoms with E-state index in [-0.39, 0.29) is 17.6 Å². The second-order valence-electron chi connectivity index (χ2n) is 5.30. The first kappa shape index (κ1) is 15.4. The Labute approximate surface area is 121 Å². The molecule has 1 aromatic rings. The first-order valence-electron chi connectivity index (χ1n) is 6.99. The molecule has 1 aliphatic carbocycles. The molecule has 0 aromatic heterocycles. The second kappa shape index (κ2) is 6.62. The number of rotatable bonds is 3. The molecule has 0 heterocycles. The Kier molecular flexibility index (Phi) is 4.85. The van der Waals surface area contributed by atoms with Crippen LogP contribution in [0.4, 0.5) is 10.1 Å². The molecule has 1 amide bonds. The second-order valence-corrected chi connectivity index (χ2v) is 5.30. The fourth-order valence-electron chi connectivity index (χ4n) is 2.61.